The third kappa shape index (κ3) is 3.30. The Morgan fingerprint density at radius 2 is 2.05 bits per heavy atom. The second-order valence-corrected chi connectivity index (χ2v) is 3.31. The summed E-state index contributed by atoms with van der Waals surface area (Å²) in [7, 11) is 0. The molecule has 106 valence electrons. The maximum atomic E-state index is 12.5. The second kappa shape index (κ2) is 5.37. The highest BCUT2D eigenvalue weighted by atomic mass is 19.4. The van der Waals surface area contributed by atoms with Crippen molar-refractivity contribution in [2.24, 2.45) is 0 Å². The number of esters is 1. The molecule has 4 nitrogen and oxygen atoms in total. The molecule has 0 fully saturated rings. The second-order valence-electron chi connectivity index (χ2n) is 3.31. The number of halogens is 5. The SMILES string of the molecule is CCOC(=O)c1cc(C(F)(F)F)c(O)c(C(F)F)n1. The quantitative estimate of drug-likeness (QED) is 0.685. The maximum Gasteiger partial charge on any atom is 0.420 e. The largest absolute Gasteiger partial charge is 0.505 e. The molecule has 0 bridgehead atoms. The van der Waals surface area contributed by atoms with Crippen molar-refractivity contribution in [1.29, 1.82) is 0 Å². The molecule has 1 aromatic rings. The molecule has 0 radical (unpaired) electrons. The molecule has 0 aliphatic heterocycles. The topological polar surface area (TPSA) is 59.4 Å². The van der Waals surface area contributed by atoms with Crippen LogP contribution in [0.5, 0.6) is 5.75 Å². The van der Waals surface area contributed by atoms with Crippen molar-refractivity contribution in [3.05, 3.63) is 23.0 Å². The third-order valence-corrected chi connectivity index (χ3v) is 2.02. The Labute approximate surface area is 103 Å². The first-order valence-electron chi connectivity index (χ1n) is 4.94. The van der Waals surface area contributed by atoms with Crippen LogP contribution in [0, 0.1) is 0 Å². The number of nitrogens with zero attached hydrogens (tertiary/aromatic N) is 1. The van der Waals surface area contributed by atoms with Gasteiger partial charge in [-0.15, -0.1) is 0 Å². The van der Waals surface area contributed by atoms with E-state index < -0.39 is 41.3 Å². The van der Waals surface area contributed by atoms with Crippen molar-refractivity contribution in [2.45, 2.75) is 19.5 Å². The highest BCUT2D eigenvalue weighted by Crippen LogP contribution is 2.40. The lowest BCUT2D eigenvalue weighted by atomic mass is 10.1. The third-order valence-electron chi connectivity index (χ3n) is 2.02. The molecule has 0 aliphatic carbocycles. The van der Waals surface area contributed by atoms with E-state index in [2.05, 4.69) is 9.72 Å². The Hall–Kier alpha value is -1.93. The molecule has 0 amide bonds. The van der Waals surface area contributed by atoms with Crippen LogP contribution in [0.1, 0.15) is 35.1 Å². The normalized spacial score (nSPS) is 11.7. The molecule has 0 aliphatic rings. The standard InChI is InChI=1S/C10H8F5NO3/c1-2-19-9(18)5-3-4(10(13,14)15)7(17)6(16-5)8(11)12/h3,8,17H,2H2,1H3. The number of hydrogen-bond acceptors (Lipinski definition) is 4. The van der Waals surface area contributed by atoms with E-state index in [-0.39, 0.29) is 12.7 Å². The number of pyridine rings is 1. The number of aromatic nitrogens is 1. The van der Waals surface area contributed by atoms with E-state index in [1.807, 2.05) is 0 Å². The minimum Gasteiger partial charge on any atom is -0.505 e. The van der Waals surface area contributed by atoms with Gasteiger partial charge in [-0.2, -0.15) is 13.2 Å². The van der Waals surface area contributed by atoms with Gasteiger partial charge in [0.05, 0.1) is 6.61 Å². The lowest BCUT2D eigenvalue weighted by Crippen LogP contribution is -2.14. The van der Waals surface area contributed by atoms with E-state index >= 15 is 0 Å². The molecule has 0 spiro atoms. The first-order valence-corrected chi connectivity index (χ1v) is 4.94. The molecule has 0 saturated heterocycles. The minimum absolute atomic E-state index is 0.160. The lowest BCUT2D eigenvalue weighted by molar-refractivity contribution is -0.139. The van der Waals surface area contributed by atoms with Crippen LogP contribution in [-0.2, 0) is 10.9 Å². The molecule has 0 aromatic carbocycles. The number of rotatable bonds is 3. The van der Waals surface area contributed by atoms with Gasteiger partial charge in [-0.1, -0.05) is 0 Å². The number of carbonyl (C=O) groups excluding carboxylic acids is 1. The minimum atomic E-state index is -5.10. The van der Waals surface area contributed by atoms with Crippen LogP contribution in [0.3, 0.4) is 0 Å². The van der Waals surface area contributed by atoms with Gasteiger partial charge >= 0.3 is 12.1 Å². The number of aromatic hydroxyl groups is 1. The van der Waals surface area contributed by atoms with Crippen LogP contribution in [0.15, 0.2) is 6.07 Å². The summed E-state index contributed by atoms with van der Waals surface area (Å²) in [5, 5.41) is 9.12. The Bertz CT molecular complexity index is 487. The zero-order valence-electron chi connectivity index (χ0n) is 9.46. The molecule has 0 saturated carbocycles. The average molecular weight is 285 g/mol. The average Bonchev–Trinajstić information content (AvgIpc) is 2.27. The molecule has 19 heavy (non-hydrogen) atoms. The van der Waals surface area contributed by atoms with Crippen molar-refractivity contribution >= 4 is 5.97 Å². The summed E-state index contributed by atoms with van der Waals surface area (Å²) < 4.78 is 67.0. The Kier molecular flexibility index (Phi) is 4.28. The lowest BCUT2D eigenvalue weighted by Gasteiger charge is -2.13. The number of ether oxygens (including phenoxy) is 1. The van der Waals surface area contributed by atoms with Crippen molar-refractivity contribution in [3.63, 3.8) is 0 Å². The summed E-state index contributed by atoms with van der Waals surface area (Å²) >= 11 is 0. The summed E-state index contributed by atoms with van der Waals surface area (Å²) in [6.45, 7) is 1.23. The van der Waals surface area contributed by atoms with Gasteiger partial charge < -0.3 is 9.84 Å². The Morgan fingerprint density at radius 1 is 1.47 bits per heavy atom. The van der Waals surface area contributed by atoms with Crippen LogP contribution in [0.25, 0.3) is 0 Å². The summed E-state index contributed by atoms with van der Waals surface area (Å²) in [5.41, 5.74) is -4.22. The van der Waals surface area contributed by atoms with Crippen LogP contribution in [0.4, 0.5) is 22.0 Å². The van der Waals surface area contributed by atoms with Gasteiger partial charge in [-0.25, -0.2) is 18.6 Å². The van der Waals surface area contributed by atoms with Crippen molar-refractivity contribution < 1.29 is 36.6 Å². The predicted octanol–water partition coefficient (Wildman–Crippen LogP) is 2.92. The molecule has 1 rings (SSSR count). The van der Waals surface area contributed by atoms with Gasteiger partial charge in [-0.3, -0.25) is 0 Å². The number of carbonyl (C=O) groups is 1. The number of hydrogen-bond donors (Lipinski definition) is 1. The molecular weight excluding hydrogens is 277 g/mol. The fourth-order valence-corrected chi connectivity index (χ4v) is 1.24. The van der Waals surface area contributed by atoms with Gasteiger partial charge in [0.2, 0.25) is 0 Å². The maximum absolute atomic E-state index is 12.5. The first kappa shape index (κ1) is 15.1. The van der Waals surface area contributed by atoms with Crippen molar-refractivity contribution in [1.82, 2.24) is 4.98 Å². The van der Waals surface area contributed by atoms with Gasteiger partial charge in [0.1, 0.15) is 17.0 Å². The van der Waals surface area contributed by atoms with Gasteiger partial charge in [0.25, 0.3) is 6.43 Å². The van der Waals surface area contributed by atoms with E-state index in [1.165, 1.54) is 6.92 Å². The monoisotopic (exact) mass is 285 g/mol. The van der Waals surface area contributed by atoms with Crippen LogP contribution < -0.4 is 0 Å². The fourth-order valence-electron chi connectivity index (χ4n) is 1.24. The molecule has 1 heterocycles. The molecule has 9 heteroatoms. The molecule has 1 aromatic heterocycles. The first-order chi connectivity index (χ1) is 8.68. The van der Waals surface area contributed by atoms with Crippen molar-refractivity contribution in [2.75, 3.05) is 6.61 Å². The smallest absolute Gasteiger partial charge is 0.420 e. The summed E-state index contributed by atoms with van der Waals surface area (Å²) in [4.78, 5) is 14.2. The molecule has 0 atom stereocenters. The molecular formula is C10H8F5NO3. The highest BCUT2D eigenvalue weighted by molar-refractivity contribution is 5.87. The van der Waals surface area contributed by atoms with E-state index in [4.69, 9.17) is 5.11 Å². The van der Waals surface area contributed by atoms with Crippen LogP contribution in [0.2, 0.25) is 0 Å². The number of alkyl halides is 5. The van der Waals surface area contributed by atoms with E-state index in [9.17, 15) is 26.7 Å². The molecule has 0 unspecified atom stereocenters. The zero-order valence-corrected chi connectivity index (χ0v) is 9.46. The Balaban J connectivity index is 3.44. The van der Waals surface area contributed by atoms with Crippen LogP contribution >= 0.6 is 0 Å². The zero-order chi connectivity index (χ0) is 14.8. The van der Waals surface area contributed by atoms with Gasteiger partial charge in [0.15, 0.2) is 5.75 Å². The summed E-state index contributed by atoms with van der Waals surface area (Å²) in [5.74, 6) is -2.98. The van der Waals surface area contributed by atoms with E-state index in [0.717, 1.165) is 0 Å². The molecule has 1 N–H and O–H groups in total. The van der Waals surface area contributed by atoms with E-state index in [0.29, 0.717) is 0 Å². The van der Waals surface area contributed by atoms with E-state index in [1.54, 1.807) is 0 Å². The Morgan fingerprint density at radius 3 is 2.47 bits per heavy atom. The summed E-state index contributed by atoms with van der Waals surface area (Å²) in [6.07, 6.45) is -8.56. The van der Waals surface area contributed by atoms with Gasteiger partial charge in [0, 0.05) is 0 Å². The fraction of sp³-hybridized carbons (Fsp3) is 0.400. The van der Waals surface area contributed by atoms with Crippen LogP contribution in [-0.4, -0.2) is 22.7 Å². The predicted molar refractivity (Wildman–Crippen MR) is 51.8 cm³/mol. The summed E-state index contributed by atoms with van der Waals surface area (Å²) in [6, 6.07) is 0.166. The van der Waals surface area contributed by atoms with Gasteiger partial charge in [-0.05, 0) is 13.0 Å². The van der Waals surface area contributed by atoms with Crippen molar-refractivity contribution in [3.8, 4) is 5.75 Å². The highest BCUT2D eigenvalue weighted by Gasteiger charge is 2.38.